The molecule has 4 rings (SSSR count). The van der Waals surface area contributed by atoms with E-state index in [1.165, 1.54) is 48.3 Å². The van der Waals surface area contributed by atoms with Crippen molar-refractivity contribution in [2.45, 2.75) is 51.3 Å². The maximum atomic E-state index is 15.3. The number of nitrogens with two attached hydrogens (primary N) is 1. The van der Waals surface area contributed by atoms with Crippen LogP contribution in [0.5, 0.6) is 0 Å². The van der Waals surface area contributed by atoms with Crippen LogP contribution < -0.4 is 5.73 Å². The topological polar surface area (TPSA) is 95.4 Å². The molecule has 200 valence electrons. The normalized spacial score (nSPS) is 28.3. The van der Waals surface area contributed by atoms with Gasteiger partial charge in [0.2, 0.25) is 5.91 Å². The number of pyridine rings is 1. The number of carbonyl (C=O) groups is 1. The summed E-state index contributed by atoms with van der Waals surface area (Å²) in [5, 5.41) is 8.76. The van der Waals surface area contributed by atoms with Crippen molar-refractivity contribution in [1.29, 1.82) is 5.26 Å². The van der Waals surface area contributed by atoms with Gasteiger partial charge < -0.3 is 10.6 Å². The molecule has 3 heterocycles. The van der Waals surface area contributed by atoms with Crippen LogP contribution in [0.25, 0.3) is 11.9 Å². The van der Waals surface area contributed by atoms with E-state index in [0.717, 1.165) is 19.5 Å². The fraction of sp³-hybridized carbons (Fsp3) is 0.448. The molecule has 0 radical (unpaired) electrons. The molecule has 1 aromatic heterocycles. The van der Waals surface area contributed by atoms with Crippen LogP contribution in [-0.2, 0) is 10.3 Å². The lowest BCUT2D eigenvalue weighted by Crippen LogP contribution is -2.47. The molecule has 1 fully saturated rings. The van der Waals surface area contributed by atoms with E-state index in [-0.39, 0.29) is 28.3 Å². The maximum absolute atomic E-state index is 15.3. The highest BCUT2D eigenvalue weighted by Gasteiger charge is 2.42. The quantitative estimate of drug-likeness (QED) is 0.537. The fourth-order valence-electron chi connectivity index (χ4n) is 5.48. The number of hydrogen-bond acceptors (Lipinski definition) is 6. The first-order chi connectivity index (χ1) is 18.0. The Labute approximate surface area is 227 Å². The highest BCUT2D eigenvalue weighted by Crippen LogP contribution is 2.43. The number of likely N-dealkylation sites (tertiary alicyclic amines) is 1. The molecule has 2 aliphatic rings. The molecule has 1 saturated heterocycles. The summed E-state index contributed by atoms with van der Waals surface area (Å²) >= 11 is 1.24. The Morgan fingerprint density at radius 3 is 2.55 bits per heavy atom. The van der Waals surface area contributed by atoms with E-state index in [2.05, 4.69) is 18.8 Å². The van der Waals surface area contributed by atoms with Crippen LogP contribution >= 0.6 is 11.8 Å². The summed E-state index contributed by atoms with van der Waals surface area (Å²) < 4.78 is 30.2. The van der Waals surface area contributed by atoms with Gasteiger partial charge in [0.1, 0.15) is 17.7 Å². The number of hydrogen-bond donors (Lipinski definition) is 1. The molecule has 38 heavy (non-hydrogen) atoms. The smallest absolute Gasteiger partial charge is 0.236 e. The van der Waals surface area contributed by atoms with Gasteiger partial charge in [-0.15, -0.1) is 0 Å². The molecule has 6 nitrogen and oxygen atoms in total. The van der Waals surface area contributed by atoms with Gasteiger partial charge in [-0.3, -0.25) is 14.8 Å². The minimum Gasteiger partial charge on any atom is -0.378 e. The number of halogens is 2. The lowest BCUT2D eigenvalue weighted by molar-refractivity contribution is -0.133. The first-order valence-electron chi connectivity index (χ1n) is 12.8. The van der Waals surface area contributed by atoms with E-state index in [0.29, 0.717) is 29.4 Å². The SMILES string of the molecule is CC1CC(C)CN(C(=O)[C@H]2CC(C)[C@@](C)(c3cc(/C=C(\F)c4ccc(C#N)cn4)ccc3F)N=C(N)S2)C1. The van der Waals surface area contributed by atoms with Crippen molar-refractivity contribution in [3.8, 4) is 6.07 Å². The van der Waals surface area contributed by atoms with Gasteiger partial charge in [0.05, 0.1) is 22.0 Å². The minimum absolute atomic E-state index is 0.0526. The molecule has 1 aromatic carbocycles. The standard InChI is InChI=1S/C29H33F2N5OS/c1-17-9-18(2)16-36(15-17)27(37)26-10-19(3)29(4,35-28(33)38-26)22-11-20(5-7-23(22)30)12-24(31)25-8-6-21(13-32)14-34-25/h5-8,11-12,14,17-19,26H,9-10,15-16H2,1-4H3,(H2,33,35)/b24-12-/t17?,18?,19?,26-,29+/m1/s1. The van der Waals surface area contributed by atoms with E-state index in [1.807, 2.05) is 24.8 Å². The predicted octanol–water partition coefficient (Wildman–Crippen LogP) is 5.74. The first-order valence-corrected chi connectivity index (χ1v) is 13.7. The van der Waals surface area contributed by atoms with Gasteiger partial charge in [-0.2, -0.15) is 5.26 Å². The lowest BCUT2D eigenvalue weighted by atomic mass is 9.77. The molecular formula is C29H33F2N5OS. The number of thioether (sulfide) groups is 1. The van der Waals surface area contributed by atoms with E-state index >= 15 is 4.39 Å². The first kappa shape index (κ1) is 27.8. The van der Waals surface area contributed by atoms with Crippen molar-refractivity contribution in [3.63, 3.8) is 0 Å². The van der Waals surface area contributed by atoms with Crippen LogP contribution in [0.1, 0.15) is 62.9 Å². The van der Waals surface area contributed by atoms with E-state index in [9.17, 15) is 9.18 Å². The summed E-state index contributed by atoms with van der Waals surface area (Å²) in [7, 11) is 0. The lowest BCUT2D eigenvalue weighted by Gasteiger charge is -2.37. The number of benzene rings is 1. The maximum Gasteiger partial charge on any atom is 0.236 e. The Hall–Kier alpha value is -3.25. The van der Waals surface area contributed by atoms with Crippen molar-refractivity contribution < 1.29 is 13.6 Å². The number of aromatic nitrogens is 1. The monoisotopic (exact) mass is 537 g/mol. The third kappa shape index (κ3) is 5.91. The zero-order valence-corrected chi connectivity index (χ0v) is 22.9. The van der Waals surface area contributed by atoms with Crippen molar-refractivity contribution in [1.82, 2.24) is 9.88 Å². The molecule has 0 bridgehead atoms. The van der Waals surface area contributed by atoms with Gasteiger partial charge in [0.15, 0.2) is 5.17 Å². The second-order valence-electron chi connectivity index (χ2n) is 10.8. The second kappa shape index (κ2) is 11.2. The molecule has 3 unspecified atom stereocenters. The summed E-state index contributed by atoms with van der Waals surface area (Å²) in [6.45, 7) is 9.55. The third-order valence-corrected chi connectivity index (χ3v) is 8.57. The van der Waals surface area contributed by atoms with Crippen molar-refractivity contribution >= 4 is 34.7 Å². The average molecular weight is 538 g/mol. The molecule has 1 amide bonds. The number of rotatable bonds is 4. The molecule has 2 aromatic rings. The number of aliphatic imine (C=N–C) groups is 1. The molecule has 5 atom stereocenters. The second-order valence-corrected chi connectivity index (χ2v) is 12.0. The molecule has 2 aliphatic heterocycles. The van der Waals surface area contributed by atoms with Gasteiger partial charge in [0.25, 0.3) is 0 Å². The van der Waals surface area contributed by atoms with Crippen molar-refractivity contribution in [2.24, 2.45) is 28.5 Å². The Kier molecular flexibility index (Phi) is 8.22. The summed E-state index contributed by atoms with van der Waals surface area (Å²) in [6.07, 6.45) is 4.15. The van der Waals surface area contributed by atoms with E-state index in [1.54, 1.807) is 6.07 Å². The van der Waals surface area contributed by atoms with Crippen LogP contribution in [0, 0.1) is 34.9 Å². The fourth-order valence-corrected chi connectivity index (χ4v) is 6.64. The number of carbonyl (C=O) groups excluding carboxylic acids is 1. The number of nitrogens with zero attached hydrogens (tertiary/aromatic N) is 4. The summed E-state index contributed by atoms with van der Waals surface area (Å²) in [5.41, 5.74) is 6.39. The van der Waals surface area contributed by atoms with Crippen LogP contribution in [0.3, 0.4) is 0 Å². The number of piperidine rings is 1. The molecule has 0 aliphatic carbocycles. The van der Waals surface area contributed by atoms with Crippen LogP contribution in [0.4, 0.5) is 8.78 Å². The minimum atomic E-state index is -1.05. The van der Waals surface area contributed by atoms with Crippen LogP contribution in [-0.4, -0.2) is 39.3 Å². The Morgan fingerprint density at radius 2 is 1.92 bits per heavy atom. The molecular weight excluding hydrogens is 504 g/mol. The molecule has 9 heteroatoms. The van der Waals surface area contributed by atoms with Gasteiger partial charge >= 0.3 is 0 Å². The van der Waals surface area contributed by atoms with Gasteiger partial charge in [-0.05, 0) is 73.4 Å². The molecule has 2 N–H and O–H groups in total. The Balaban J connectivity index is 1.61. The van der Waals surface area contributed by atoms with Crippen molar-refractivity contribution in [2.75, 3.05) is 13.1 Å². The number of amides is 1. The summed E-state index contributed by atoms with van der Waals surface area (Å²) in [4.78, 5) is 24.1. The van der Waals surface area contributed by atoms with E-state index < -0.39 is 22.4 Å². The predicted molar refractivity (Wildman–Crippen MR) is 148 cm³/mol. The average Bonchev–Trinajstić information content (AvgIpc) is 2.99. The molecule has 0 spiro atoms. The van der Waals surface area contributed by atoms with Crippen LogP contribution in [0.15, 0.2) is 41.5 Å². The van der Waals surface area contributed by atoms with Crippen molar-refractivity contribution in [3.05, 3.63) is 64.7 Å². The third-order valence-electron chi connectivity index (χ3n) is 7.56. The number of nitriles is 1. The zero-order chi connectivity index (χ0) is 27.6. The Morgan fingerprint density at radius 1 is 1.21 bits per heavy atom. The van der Waals surface area contributed by atoms with E-state index in [4.69, 9.17) is 16.0 Å². The summed E-state index contributed by atoms with van der Waals surface area (Å²) in [5.74, 6) is -0.368. The van der Waals surface area contributed by atoms with Gasteiger partial charge in [0, 0.05) is 24.8 Å². The largest absolute Gasteiger partial charge is 0.378 e. The highest BCUT2D eigenvalue weighted by molar-refractivity contribution is 8.14. The Bertz CT molecular complexity index is 1300. The van der Waals surface area contributed by atoms with Gasteiger partial charge in [-0.1, -0.05) is 38.6 Å². The highest BCUT2D eigenvalue weighted by atomic mass is 32.2. The number of amidine groups is 1. The van der Waals surface area contributed by atoms with Crippen LogP contribution in [0.2, 0.25) is 0 Å². The van der Waals surface area contributed by atoms with Gasteiger partial charge in [-0.25, -0.2) is 8.78 Å². The molecule has 0 saturated carbocycles. The zero-order valence-electron chi connectivity index (χ0n) is 22.1. The summed E-state index contributed by atoms with van der Waals surface area (Å²) in [6, 6.07) is 9.21.